The van der Waals surface area contributed by atoms with Gasteiger partial charge in [0.2, 0.25) is 5.91 Å². The Bertz CT molecular complexity index is 873. The molecule has 2 aliphatic rings. The molecule has 0 bridgehead atoms. The lowest BCUT2D eigenvalue weighted by molar-refractivity contribution is -0.924. The SMILES string of the molecule is C[C@@H]1c2ccsc2CC[NH+]1CC(=O)N1c2ccccc2NC(=O)C1(C)C. The third kappa shape index (κ3) is 2.64. The van der Waals surface area contributed by atoms with Gasteiger partial charge in [-0.05, 0) is 44.4 Å². The van der Waals surface area contributed by atoms with Gasteiger partial charge in [-0.3, -0.25) is 14.5 Å². The molecule has 26 heavy (non-hydrogen) atoms. The van der Waals surface area contributed by atoms with Crippen LogP contribution in [-0.2, 0) is 16.0 Å². The standard InChI is InChI=1S/C20H23N3O2S/c1-13-14-9-11-26-17(14)8-10-22(13)12-18(24)23-16-7-5-4-6-15(16)21-19(25)20(23,2)3/h4-7,9,11,13H,8,10,12H2,1-3H3,(H,21,25)/p+1/t13-/m1/s1. The molecule has 0 aliphatic carbocycles. The molecular formula is C20H24N3O2S+. The summed E-state index contributed by atoms with van der Waals surface area (Å²) in [6.07, 6.45) is 1.01. The van der Waals surface area contributed by atoms with Crippen molar-refractivity contribution in [3.05, 3.63) is 46.2 Å². The van der Waals surface area contributed by atoms with E-state index in [4.69, 9.17) is 0 Å². The summed E-state index contributed by atoms with van der Waals surface area (Å²) < 4.78 is 0. The van der Waals surface area contributed by atoms with Gasteiger partial charge in [0.1, 0.15) is 11.6 Å². The zero-order chi connectivity index (χ0) is 18.5. The second-order valence-corrected chi connectivity index (χ2v) is 8.62. The van der Waals surface area contributed by atoms with Gasteiger partial charge in [-0.15, -0.1) is 11.3 Å². The highest BCUT2D eigenvalue weighted by Crippen LogP contribution is 2.36. The van der Waals surface area contributed by atoms with Crippen molar-refractivity contribution in [2.24, 2.45) is 0 Å². The van der Waals surface area contributed by atoms with Crippen molar-refractivity contribution in [2.75, 3.05) is 23.3 Å². The van der Waals surface area contributed by atoms with Crippen LogP contribution in [0.5, 0.6) is 0 Å². The topological polar surface area (TPSA) is 53.9 Å². The summed E-state index contributed by atoms with van der Waals surface area (Å²) in [5.74, 6) is -0.149. The molecular weight excluding hydrogens is 346 g/mol. The third-order valence-electron chi connectivity index (χ3n) is 5.67. The molecule has 1 aromatic heterocycles. The minimum Gasteiger partial charge on any atom is -0.322 e. The molecule has 2 aliphatic heterocycles. The number of nitrogens with zero attached hydrogens (tertiary/aromatic N) is 1. The normalized spacial score (nSPS) is 23.8. The number of fused-ring (bicyclic) bond motifs is 2. The van der Waals surface area contributed by atoms with E-state index in [0.29, 0.717) is 18.3 Å². The monoisotopic (exact) mass is 370 g/mol. The Morgan fingerprint density at radius 3 is 2.92 bits per heavy atom. The first-order valence-electron chi connectivity index (χ1n) is 9.04. The molecule has 0 fully saturated rings. The lowest BCUT2D eigenvalue weighted by atomic mass is 9.95. The van der Waals surface area contributed by atoms with Gasteiger partial charge in [-0.2, -0.15) is 0 Å². The molecule has 1 unspecified atom stereocenters. The quantitative estimate of drug-likeness (QED) is 0.850. The van der Waals surface area contributed by atoms with Gasteiger partial charge in [0.25, 0.3) is 5.91 Å². The Balaban J connectivity index is 1.62. The first-order chi connectivity index (χ1) is 12.4. The number of amides is 2. The number of anilines is 2. The van der Waals surface area contributed by atoms with Crippen LogP contribution in [0.1, 0.15) is 37.3 Å². The highest BCUT2D eigenvalue weighted by atomic mass is 32.1. The lowest BCUT2D eigenvalue weighted by Crippen LogP contribution is -3.14. The van der Waals surface area contributed by atoms with Gasteiger partial charge in [0, 0.05) is 16.9 Å². The second-order valence-electron chi connectivity index (χ2n) is 7.62. The van der Waals surface area contributed by atoms with Crippen molar-refractivity contribution in [3.8, 4) is 0 Å². The number of hydrogen-bond acceptors (Lipinski definition) is 3. The van der Waals surface area contributed by atoms with E-state index in [1.54, 1.807) is 4.90 Å². The van der Waals surface area contributed by atoms with Crippen LogP contribution in [0.2, 0.25) is 0 Å². The van der Waals surface area contributed by atoms with Crippen LogP contribution in [0.15, 0.2) is 35.7 Å². The van der Waals surface area contributed by atoms with Gasteiger partial charge in [0.05, 0.1) is 17.9 Å². The fourth-order valence-corrected chi connectivity index (χ4v) is 5.04. The van der Waals surface area contributed by atoms with E-state index in [1.165, 1.54) is 15.3 Å². The highest BCUT2D eigenvalue weighted by Gasteiger charge is 2.45. The number of hydrogen-bond donors (Lipinski definition) is 2. The molecule has 1 aromatic carbocycles. The van der Waals surface area contributed by atoms with E-state index in [-0.39, 0.29) is 11.8 Å². The summed E-state index contributed by atoms with van der Waals surface area (Å²) in [6.45, 7) is 7.14. The van der Waals surface area contributed by atoms with E-state index in [2.05, 4.69) is 23.7 Å². The first-order valence-corrected chi connectivity index (χ1v) is 9.92. The van der Waals surface area contributed by atoms with Crippen molar-refractivity contribution in [3.63, 3.8) is 0 Å². The maximum atomic E-state index is 13.3. The molecule has 0 saturated carbocycles. The average molecular weight is 370 g/mol. The number of thiophene rings is 1. The number of carbonyl (C=O) groups excluding carboxylic acids is 2. The molecule has 2 N–H and O–H groups in total. The smallest absolute Gasteiger partial charge is 0.283 e. The van der Waals surface area contributed by atoms with Crippen molar-refractivity contribution in [2.45, 2.75) is 38.8 Å². The fraction of sp³-hybridized carbons (Fsp3) is 0.400. The molecule has 0 spiro atoms. The summed E-state index contributed by atoms with van der Waals surface area (Å²) in [4.78, 5) is 30.3. The van der Waals surface area contributed by atoms with Crippen LogP contribution in [0.4, 0.5) is 11.4 Å². The number of para-hydroxylation sites is 2. The maximum absolute atomic E-state index is 13.3. The average Bonchev–Trinajstić information content (AvgIpc) is 3.07. The summed E-state index contributed by atoms with van der Waals surface area (Å²) in [5.41, 5.74) is 1.94. The van der Waals surface area contributed by atoms with Crippen molar-refractivity contribution >= 4 is 34.5 Å². The summed E-state index contributed by atoms with van der Waals surface area (Å²) in [7, 11) is 0. The van der Waals surface area contributed by atoms with Gasteiger partial charge < -0.3 is 10.2 Å². The molecule has 2 atom stereocenters. The predicted molar refractivity (Wildman–Crippen MR) is 104 cm³/mol. The zero-order valence-electron chi connectivity index (χ0n) is 15.3. The van der Waals surface area contributed by atoms with Crippen molar-refractivity contribution < 1.29 is 14.5 Å². The fourth-order valence-electron chi connectivity index (χ4n) is 4.06. The van der Waals surface area contributed by atoms with E-state index in [0.717, 1.165) is 18.7 Å². The van der Waals surface area contributed by atoms with Gasteiger partial charge >= 0.3 is 0 Å². The van der Waals surface area contributed by atoms with Gasteiger partial charge in [-0.1, -0.05) is 12.1 Å². The molecule has 2 aromatic rings. The zero-order valence-corrected chi connectivity index (χ0v) is 16.2. The Morgan fingerprint density at radius 2 is 2.12 bits per heavy atom. The summed E-state index contributed by atoms with van der Waals surface area (Å²) >= 11 is 1.81. The van der Waals surface area contributed by atoms with E-state index < -0.39 is 5.54 Å². The molecule has 136 valence electrons. The summed E-state index contributed by atoms with van der Waals surface area (Å²) in [5, 5.41) is 5.06. The molecule has 3 heterocycles. The molecule has 0 saturated heterocycles. The van der Waals surface area contributed by atoms with Crippen LogP contribution < -0.4 is 15.1 Å². The van der Waals surface area contributed by atoms with Crippen LogP contribution >= 0.6 is 11.3 Å². The van der Waals surface area contributed by atoms with Gasteiger partial charge in [-0.25, -0.2) is 0 Å². The second kappa shape index (κ2) is 6.21. The van der Waals surface area contributed by atoms with Crippen LogP contribution in [-0.4, -0.2) is 30.4 Å². The minimum absolute atomic E-state index is 0.00201. The van der Waals surface area contributed by atoms with E-state index >= 15 is 0 Å². The molecule has 2 amide bonds. The van der Waals surface area contributed by atoms with E-state index in [9.17, 15) is 9.59 Å². The van der Waals surface area contributed by atoms with E-state index in [1.807, 2.05) is 49.4 Å². The molecule has 0 radical (unpaired) electrons. The van der Waals surface area contributed by atoms with Crippen LogP contribution in [0, 0.1) is 0 Å². The van der Waals surface area contributed by atoms with Crippen LogP contribution in [0.25, 0.3) is 0 Å². The Hall–Kier alpha value is -2.18. The molecule has 6 heteroatoms. The number of benzene rings is 1. The lowest BCUT2D eigenvalue weighted by Gasteiger charge is -2.42. The Labute approximate surface area is 157 Å². The number of nitrogens with one attached hydrogen (secondary N) is 2. The first kappa shape index (κ1) is 17.2. The number of quaternary nitrogens is 1. The summed E-state index contributed by atoms with van der Waals surface area (Å²) in [6, 6.07) is 10.0. The minimum atomic E-state index is -0.905. The predicted octanol–water partition coefficient (Wildman–Crippen LogP) is 2.01. The third-order valence-corrected chi connectivity index (χ3v) is 6.66. The van der Waals surface area contributed by atoms with Crippen LogP contribution in [0.3, 0.4) is 0 Å². The largest absolute Gasteiger partial charge is 0.322 e. The Kier molecular flexibility index (Phi) is 4.12. The molecule has 5 nitrogen and oxygen atoms in total. The van der Waals surface area contributed by atoms with Crippen molar-refractivity contribution in [1.29, 1.82) is 0 Å². The number of rotatable bonds is 2. The Morgan fingerprint density at radius 1 is 1.35 bits per heavy atom. The van der Waals surface area contributed by atoms with Gasteiger partial charge in [0.15, 0.2) is 6.54 Å². The van der Waals surface area contributed by atoms with Crippen molar-refractivity contribution in [1.82, 2.24) is 0 Å². The number of carbonyl (C=O) groups is 2. The highest BCUT2D eigenvalue weighted by molar-refractivity contribution is 7.10. The molecule has 4 rings (SSSR count). The maximum Gasteiger partial charge on any atom is 0.283 e.